The fraction of sp³-hybridized carbons (Fsp3) is 0.312. The predicted octanol–water partition coefficient (Wildman–Crippen LogP) is 4.39. The first kappa shape index (κ1) is 14.1. The summed E-state index contributed by atoms with van der Waals surface area (Å²) in [7, 11) is 0. The number of hydrogen-bond acceptors (Lipinski definition) is 2. The number of anilines is 1. The van der Waals surface area contributed by atoms with Crippen molar-refractivity contribution in [3.8, 4) is 0 Å². The summed E-state index contributed by atoms with van der Waals surface area (Å²) in [5.41, 5.74) is 2.54. The monoisotopic (exact) mass is 318 g/mol. The summed E-state index contributed by atoms with van der Waals surface area (Å²) < 4.78 is 0. The van der Waals surface area contributed by atoms with Crippen molar-refractivity contribution >= 4 is 21.7 Å². The van der Waals surface area contributed by atoms with E-state index in [1.165, 1.54) is 11.1 Å². The zero-order chi connectivity index (χ0) is 13.7. The molecule has 0 fully saturated rings. The number of nitrogens with zero attached hydrogens (tertiary/aromatic N) is 2. The quantitative estimate of drug-likeness (QED) is 0.760. The number of aromatic nitrogens is 1. The van der Waals surface area contributed by atoms with Gasteiger partial charge < -0.3 is 4.90 Å². The van der Waals surface area contributed by atoms with E-state index in [-0.39, 0.29) is 0 Å². The van der Waals surface area contributed by atoms with Crippen molar-refractivity contribution in [1.29, 1.82) is 0 Å². The minimum Gasteiger partial charge on any atom is -0.350 e. The van der Waals surface area contributed by atoms with Crippen molar-refractivity contribution in [3.05, 3.63) is 59.8 Å². The number of rotatable bonds is 5. The average Bonchev–Trinajstić information content (AvgIpc) is 2.45. The molecule has 0 radical (unpaired) electrons. The molecule has 2 nitrogen and oxygen atoms in total. The minimum atomic E-state index is 0.410. The Labute approximate surface area is 123 Å². The van der Waals surface area contributed by atoms with Gasteiger partial charge in [0.15, 0.2) is 0 Å². The van der Waals surface area contributed by atoms with Gasteiger partial charge in [0.05, 0.1) is 0 Å². The Hall–Kier alpha value is -1.35. The molecule has 0 N–H and O–H groups in total. The third kappa shape index (κ3) is 3.57. The summed E-state index contributed by atoms with van der Waals surface area (Å²) in [6.07, 6.45) is 1.86. The zero-order valence-electron chi connectivity index (χ0n) is 11.4. The number of halogens is 1. The Morgan fingerprint density at radius 2 is 1.84 bits per heavy atom. The lowest BCUT2D eigenvalue weighted by Crippen LogP contribution is -2.31. The van der Waals surface area contributed by atoms with Gasteiger partial charge in [-0.05, 0) is 25.5 Å². The fourth-order valence-corrected chi connectivity index (χ4v) is 2.51. The summed E-state index contributed by atoms with van der Waals surface area (Å²) in [5.74, 6) is 1.07. The second kappa shape index (κ2) is 6.71. The lowest BCUT2D eigenvalue weighted by molar-refractivity contribution is 0.670. The average molecular weight is 319 g/mol. The van der Waals surface area contributed by atoms with E-state index in [1.807, 2.05) is 18.3 Å². The van der Waals surface area contributed by atoms with E-state index in [9.17, 15) is 0 Å². The van der Waals surface area contributed by atoms with Crippen LogP contribution in [0.3, 0.4) is 0 Å². The van der Waals surface area contributed by atoms with E-state index in [2.05, 4.69) is 70.0 Å². The summed E-state index contributed by atoms with van der Waals surface area (Å²) in [6.45, 7) is 5.29. The second-order valence-electron chi connectivity index (χ2n) is 4.83. The van der Waals surface area contributed by atoms with Crippen LogP contribution in [0.5, 0.6) is 0 Å². The van der Waals surface area contributed by atoms with Crippen LogP contribution in [0.2, 0.25) is 0 Å². The molecule has 0 aliphatic carbocycles. The zero-order valence-corrected chi connectivity index (χ0v) is 13.0. The maximum Gasteiger partial charge on any atom is 0.133 e. The van der Waals surface area contributed by atoms with Crippen LogP contribution in [0.15, 0.2) is 48.7 Å². The summed E-state index contributed by atoms with van der Waals surface area (Å²) >= 11 is 3.54. The van der Waals surface area contributed by atoms with Crippen LogP contribution in [0, 0.1) is 0 Å². The lowest BCUT2D eigenvalue weighted by Gasteiger charge is -2.29. The fourth-order valence-electron chi connectivity index (χ4n) is 2.08. The number of alkyl halides is 1. The van der Waals surface area contributed by atoms with Gasteiger partial charge in [-0.2, -0.15) is 0 Å². The molecule has 0 saturated heterocycles. The van der Waals surface area contributed by atoms with Crippen LogP contribution in [0.25, 0.3) is 0 Å². The van der Waals surface area contributed by atoms with Crippen molar-refractivity contribution in [2.24, 2.45) is 0 Å². The predicted molar refractivity (Wildman–Crippen MR) is 84.6 cm³/mol. The Morgan fingerprint density at radius 3 is 2.47 bits per heavy atom. The normalized spacial score (nSPS) is 10.7. The van der Waals surface area contributed by atoms with Gasteiger partial charge in [0.25, 0.3) is 0 Å². The van der Waals surface area contributed by atoms with Crippen LogP contribution < -0.4 is 4.90 Å². The van der Waals surface area contributed by atoms with Crippen LogP contribution >= 0.6 is 15.9 Å². The summed E-state index contributed by atoms with van der Waals surface area (Å²) in [5, 5.41) is 0.828. The molecule has 3 heteroatoms. The first-order chi connectivity index (χ1) is 9.22. The molecule has 0 unspecified atom stereocenters. The van der Waals surface area contributed by atoms with Gasteiger partial charge in [0.1, 0.15) is 5.82 Å². The molecule has 0 aliphatic heterocycles. The summed E-state index contributed by atoms with van der Waals surface area (Å²) in [4.78, 5) is 6.90. The van der Waals surface area contributed by atoms with E-state index in [0.29, 0.717) is 6.04 Å². The highest BCUT2D eigenvalue weighted by molar-refractivity contribution is 9.08. The Kier molecular flexibility index (Phi) is 4.97. The SMILES string of the molecule is CC(C)N(Cc1ccccc1)c1ncccc1CBr. The number of hydrogen-bond donors (Lipinski definition) is 0. The lowest BCUT2D eigenvalue weighted by atomic mass is 10.1. The van der Waals surface area contributed by atoms with Crippen molar-refractivity contribution in [2.45, 2.75) is 31.8 Å². The Bertz CT molecular complexity index is 511. The third-order valence-electron chi connectivity index (χ3n) is 3.10. The number of pyridine rings is 1. The largest absolute Gasteiger partial charge is 0.350 e. The highest BCUT2D eigenvalue weighted by Crippen LogP contribution is 2.23. The van der Waals surface area contributed by atoms with E-state index >= 15 is 0 Å². The third-order valence-corrected chi connectivity index (χ3v) is 3.71. The van der Waals surface area contributed by atoms with Crippen molar-refractivity contribution in [1.82, 2.24) is 4.98 Å². The maximum absolute atomic E-state index is 4.56. The molecule has 2 rings (SSSR count). The van der Waals surface area contributed by atoms with Gasteiger partial charge in [-0.25, -0.2) is 4.98 Å². The molecule has 0 saturated carbocycles. The molecular formula is C16H19BrN2. The van der Waals surface area contributed by atoms with Gasteiger partial charge in [0.2, 0.25) is 0 Å². The van der Waals surface area contributed by atoms with Crippen molar-refractivity contribution in [3.63, 3.8) is 0 Å². The molecule has 0 atom stereocenters. The molecule has 100 valence electrons. The van der Waals surface area contributed by atoms with Gasteiger partial charge in [-0.3, -0.25) is 0 Å². The van der Waals surface area contributed by atoms with Crippen LogP contribution in [-0.4, -0.2) is 11.0 Å². The number of benzene rings is 1. The Balaban J connectivity index is 2.30. The van der Waals surface area contributed by atoms with E-state index in [4.69, 9.17) is 0 Å². The standard InChI is InChI=1S/C16H19BrN2/c1-13(2)19(12-14-7-4-3-5-8-14)16-15(11-17)9-6-10-18-16/h3-10,13H,11-12H2,1-2H3. The first-order valence-corrected chi connectivity index (χ1v) is 7.65. The molecule has 1 aromatic carbocycles. The summed E-state index contributed by atoms with van der Waals surface area (Å²) in [6, 6.07) is 15.0. The van der Waals surface area contributed by atoms with Crippen LogP contribution in [0.1, 0.15) is 25.0 Å². The van der Waals surface area contributed by atoms with Gasteiger partial charge >= 0.3 is 0 Å². The van der Waals surface area contributed by atoms with E-state index < -0.39 is 0 Å². The minimum absolute atomic E-state index is 0.410. The van der Waals surface area contributed by atoms with Gasteiger partial charge in [-0.1, -0.05) is 52.3 Å². The highest BCUT2D eigenvalue weighted by atomic mass is 79.9. The molecule has 0 bridgehead atoms. The van der Waals surface area contributed by atoms with Gasteiger partial charge in [0, 0.05) is 29.7 Å². The van der Waals surface area contributed by atoms with Crippen molar-refractivity contribution < 1.29 is 0 Å². The van der Waals surface area contributed by atoms with Crippen molar-refractivity contribution in [2.75, 3.05) is 4.90 Å². The topological polar surface area (TPSA) is 16.1 Å². The molecule has 0 aliphatic rings. The molecule has 1 aromatic heterocycles. The smallest absolute Gasteiger partial charge is 0.133 e. The highest BCUT2D eigenvalue weighted by Gasteiger charge is 2.15. The molecular weight excluding hydrogens is 300 g/mol. The maximum atomic E-state index is 4.56. The molecule has 0 spiro atoms. The molecule has 0 amide bonds. The molecule has 19 heavy (non-hydrogen) atoms. The second-order valence-corrected chi connectivity index (χ2v) is 5.39. The van der Waals surface area contributed by atoms with E-state index in [0.717, 1.165) is 17.7 Å². The van der Waals surface area contributed by atoms with E-state index in [1.54, 1.807) is 0 Å². The van der Waals surface area contributed by atoms with Crippen LogP contribution in [0.4, 0.5) is 5.82 Å². The van der Waals surface area contributed by atoms with Gasteiger partial charge in [-0.15, -0.1) is 0 Å². The molecule has 2 aromatic rings. The van der Waals surface area contributed by atoms with Crippen LogP contribution in [-0.2, 0) is 11.9 Å². The molecule has 1 heterocycles. The first-order valence-electron chi connectivity index (χ1n) is 6.52. The Morgan fingerprint density at radius 1 is 1.11 bits per heavy atom.